The number of hydrogen-bond donors (Lipinski definition) is 1. The predicted molar refractivity (Wildman–Crippen MR) is 98.5 cm³/mol. The number of esters is 4. The summed E-state index contributed by atoms with van der Waals surface area (Å²) in [6.07, 6.45) is -6.12. The Morgan fingerprint density at radius 1 is 1.00 bits per heavy atom. The molecule has 0 radical (unpaired) electrons. The van der Waals surface area contributed by atoms with Crippen LogP contribution in [0.1, 0.15) is 38.9 Å². The Labute approximate surface area is 173 Å². The number of hydrogen-bond acceptors (Lipinski definition) is 10. The van der Waals surface area contributed by atoms with Crippen LogP contribution in [0.4, 0.5) is 0 Å². The Bertz CT molecular complexity index is 762. The molecule has 0 spiro atoms. The summed E-state index contributed by atoms with van der Waals surface area (Å²) >= 11 is 0. The molecule has 0 amide bonds. The van der Waals surface area contributed by atoms with E-state index in [9.17, 15) is 24.3 Å². The van der Waals surface area contributed by atoms with Gasteiger partial charge in [-0.2, -0.15) is 0 Å². The highest BCUT2D eigenvalue weighted by molar-refractivity contribution is 5.76. The lowest BCUT2D eigenvalue weighted by Gasteiger charge is -2.39. The van der Waals surface area contributed by atoms with Crippen molar-refractivity contribution in [2.45, 2.75) is 57.9 Å². The Hall–Kier alpha value is -2.98. The first-order valence-corrected chi connectivity index (χ1v) is 9.24. The average Bonchev–Trinajstić information content (AvgIpc) is 2.67. The van der Waals surface area contributed by atoms with Crippen molar-refractivity contribution in [3.8, 4) is 0 Å². The van der Waals surface area contributed by atoms with Gasteiger partial charge < -0.3 is 28.8 Å². The van der Waals surface area contributed by atoms with Gasteiger partial charge in [0.15, 0.2) is 12.2 Å². The van der Waals surface area contributed by atoms with E-state index in [0.717, 1.165) is 6.92 Å². The molecular formula is C20H24O10. The Morgan fingerprint density at radius 3 is 2.20 bits per heavy atom. The first-order chi connectivity index (χ1) is 14.2. The molecule has 10 heteroatoms. The van der Waals surface area contributed by atoms with E-state index in [1.807, 2.05) is 0 Å². The summed E-state index contributed by atoms with van der Waals surface area (Å²) in [5.74, 6) is -2.91. The molecule has 1 unspecified atom stereocenters. The molecule has 5 atom stereocenters. The first kappa shape index (κ1) is 23.3. The first-order valence-electron chi connectivity index (χ1n) is 9.24. The highest BCUT2D eigenvalue weighted by Gasteiger charge is 2.45. The molecule has 1 aromatic rings. The highest BCUT2D eigenvalue weighted by atomic mass is 16.7. The lowest BCUT2D eigenvalue weighted by molar-refractivity contribution is -0.263. The molecule has 1 aliphatic heterocycles. The van der Waals surface area contributed by atoms with Gasteiger partial charge in [0.25, 0.3) is 0 Å². The van der Waals surface area contributed by atoms with E-state index in [0.29, 0.717) is 5.56 Å². The lowest BCUT2D eigenvalue weighted by Crippen LogP contribution is -2.54. The van der Waals surface area contributed by atoms with Crippen molar-refractivity contribution in [2.24, 2.45) is 0 Å². The Kier molecular flexibility index (Phi) is 8.31. The van der Waals surface area contributed by atoms with Gasteiger partial charge >= 0.3 is 23.9 Å². The fourth-order valence-corrected chi connectivity index (χ4v) is 2.94. The Balaban J connectivity index is 2.16. The minimum Gasteiger partial charge on any atom is -0.463 e. The minimum absolute atomic E-state index is 0.151. The monoisotopic (exact) mass is 424 g/mol. The smallest absolute Gasteiger partial charge is 0.341 e. The summed E-state index contributed by atoms with van der Waals surface area (Å²) in [5, 5.41) is 10.2. The van der Waals surface area contributed by atoms with Crippen LogP contribution in [0.25, 0.3) is 0 Å². The summed E-state index contributed by atoms with van der Waals surface area (Å²) in [5.41, 5.74) is 0.323. The average molecular weight is 424 g/mol. The van der Waals surface area contributed by atoms with Crippen LogP contribution in [-0.2, 0) is 42.9 Å². The van der Waals surface area contributed by atoms with E-state index >= 15 is 0 Å². The van der Waals surface area contributed by atoms with Crippen molar-refractivity contribution in [1.82, 2.24) is 0 Å². The third-order valence-electron chi connectivity index (χ3n) is 4.14. The predicted octanol–water partition coefficient (Wildman–Crippen LogP) is 0.805. The van der Waals surface area contributed by atoms with Crippen LogP contribution in [0.3, 0.4) is 0 Å². The van der Waals surface area contributed by atoms with Crippen molar-refractivity contribution in [3.63, 3.8) is 0 Å². The molecule has 164 valence electrons. The number of ether oxygens (including phenoxy) is 5. The standard InChI is InChI=1S/C20H24O10/c1-11(21)26-10-16-19(28-13(3)23)15(27-12(2)22)9-17(29-16)30-20(25)18(24)14-7-5-4-6-8-14/h4-8,15-19,24H,9-10H2,1-3H3/t15-,16-,17-,18?,19+/m1/s1. The van der Waals surface area contributed by atoms with E-state index in [1.54, 1.807) is 30.3 Å². The van der Waals surface area contributed by atoms with Crippen LogP contribution >= 0.6 is 0 Å². The van der Waals surface area contributed by atoms with Crippen molar-refractivity contribution < 1.29 is 48.0 Å². The maximum absolute atomic E-state index is 12.3. The maximum Gasteiger partial charge on any atom is 0.341 e. The van der Waals surface area contributed by atoms with Gasteiger partial charge in [0.05, 0.1) is 6.42 Å². The van der Waals surface area contributed by atoms with Gasteiger partial charge in [-0.25, -0.2) is 4.79 Å². The molecule has 1 saturated heterocycles. The summed E-state index contributed by atoms with van der Waals surface area (Å²) < 4.78 is 26.2. The molecule has 1 heterocycles. The van der Waals surface area contributed by atoms with Crippen LogP contribution in [0.15, 0.2) is 30.3 Å². The number of aliphatic hydroxyl groups is 1. The molecule has 0 bridgehead atoms. The Morgan fingerprint density at radius 2 is 1.63 bits per heavy atom. The van der Waals surface area contributed by atoms with E-state index in [4.69, 9.17) is 23.7 Å². The zero-order valence-corrected chi connectivity index (χ0v) is 16.8. The fourth-order valence-electron chi connectivity index (χ4n) is 2.94. The van der Waals surface area contributed by atoms with Crippen molar-refractivity contribution in [2.75, 3.05) is 6.61 Å². The number of benzene rings is 1. The minimum atomic E-state index is -1.56. The summed E-state index contributed by atoms with van der Waals surface area (Å²) in [6, 6.07) is 8.13. The molecule has 1 N–H and O–H groups in total. The molecule has 0 saturated carbocycles. The quantitative estimate of drug-likeness (QED) is 0.495. The molecule has 2 rings (SSSR count). The second kappa shape index (κ2) is 10.7. The zero-order chi connectivity index (χ0) is 22.3. The zero-order valence-electron chi connectivity index (χ0n) is 16.8. The molecule has 0 aromatic heterocycles. The van der Waals surface area contributed by atoms with Gasteiger partial charge in [-0.15, -0.1) is 0 Å². The molecule has 10 nitrogen and oxygen atoms in total. The lowest BCUT2D eigenvalue weighted by atomic mass is 10.0. The van der Waals surface area contributed by atoms with E-state index in [-0.39, 0.29) is 13.0 Å². The number of carbonyl (C=O) groups is 4. The van der Waals surface area contributed by atoms with E-state index < -0.39 is 54.6 Å². The van der Waals surface area contributed by atoms with E-state index in [1.165, 1.54) is 13.8 Å². The van der Waals surface area contributed by atoms with Crippen molar-refractivity contribution in [3.05, 3.63) is 35.9 Å². The molecule has 1 aromatic carbocycles. The summed E-state index contributed by atoms with van der Waals surface area (Å²) in [6.45, 7) is 3.18. The van der Waals surface area contributed by atoms with Crippen LogP contribution in [0.5, 0.6) is 0 Å². The summed E-state index contributed by atoms with van der Waals surface area (Å²) in [7, 11) is 0. The van der Waals surface area contributed by atoms with Gasteiger partial charge in [0, 0.05) is 20.8 Å². The van der Waals surface area contributed by atoms with Gasteiger partial charge in [-0.05, 0) is 5.56 Å². The molecule has 30 heavy (non-hydrogen) atoms. The van der Waals surface area contributed by atoms with Gasteiger partial charge in [0.2, 0.25) is 6.29 Å². The van der Waals surface area contributed by atoms with Crippen molar-refractivity contribution >= 4 is 23.9 Å². The third-order valence-corrected chi connectivity index (χ3v) is 4.14. The number of aliphatic hydroxyl groups excluding tert-OH is 1. The van der Waals surface area contributed by atoms with Gasteiger partial charge in [0.1, 0.15) is 18.8 Å². The highest BCUT2D eigenvalue weighted by Crippen LogP contribution is 2.28. The van der Waals surface area contributed by atoms with Crippen LogP contribution < -0.4 is 0 Å². The third kappa shape index (κ3) is 6.82. The number of rotatable bonds is 7. The topological polar surface area (TPSA) is 135 Å². The molecular weight excluding hydrogens is 400 g/mol. The number of carbonyl (C=O) groups excluding carboxylic acids is 4. The normalized spacial score (nSPS) is 24.3. The van der Waals surface area contributed by atoms with Crippen molar-refractivity contribution in [1.29, 1.82) is 0 Å². The van der Waals surface area contributed by atoms with Crippen LogP contribution in [-0.4, -0.2) is 60.2 Å². The molecule has 0 aliphatic carbocycles. The maximum atomic E-state index is 12.3. The largest absolute Gasteiger partial charge is 0.463 e. The summed E-state index contributed by atoms with van der Waals surface area (Å²) in [4.78, 5) is 46.5. The SMILES string of the molecule is CC(=O)OC[C@H]1O[C@H](OC(=O)C(O)c2ccccc2)C[C@@H](OC(C)=O)[C@@H]1OC(C)=O. The van der Waals surface area contributed by atoms with Gasteiger partial charge in [-0.3, -0.25) is 14.4 Å². The van der Waals surface area contributed by atoms with E-state index in [2.05, 4.69) is 0 Å². The second-order valence-electron chi connectivity index (χ2n) is 6.61. The molecule has 1 aliphatic rings. The fraction of sp³-hybridized carbons (Fsp3) is 0.500. The van der Waals surface area contributed by atoms with Gasteiger partial charge in [-0.1, -0.05) is 30.3 Å². The van der Waals surface area contributed by atoms with Crippen LogP contribution in [0.2, 0.25) is 0 Å². The second-order valence-corrected chi connectivity index (χ2v) is 6.61. The molecule has 1 fully saturated rings. The van der Waals surface area contributed by atoms with Crippen LogP contribution in [0, 0.1) is 0 Å².